The van der Waals surface area contributed by atoms with E-state index in [1.807, 2.05) is 0 Å². The Kier molecular flexibility index (Phi) is 5.02. The van der Waals surface area contributed by atoms with Crippen molar-refractivity contribution in [1.82, 2.24) is 0 Å². The smallest absolute Gasteiger partial charge is 0.293 e. The number of nitrogens with zero attached hydrogens (tertiary/aromatic N) is 1. The molecule has 2 atom stereocenters. The number of benzene rings is 1. The lowest BCUT2D eigenvalue weighted by atomic mass is 9.99. The molecule has 7 nitrogen and oxygen atoms in total. The third kappa shape index (κ3) is 3.75. The van der Waals surface area contributed by atoms with Crippen LogP contribution in [0, 0.1) is 16.0 Å². The molecular formula is C14H20N2O5S. The van der Waals surface area contributed by atoms with E-state index in [0.29, 0.717) is 12.1 Å². The van der Waals surface area contributed by atoms with Gasteiger partial charge in [-0.05, 0) is 37.3 Å². The average molecular weight is 328 g/mol. The van der Waals surface area contributed by atoms with Crippen molar-refractivity contribution in [3.63, 3.8) is 0 Å². The fourth-order valence-corrected chi connectivity index (χ4v) is 3.59. The van der Waals surface area contributed by atoms with Crippen molar-refractivity contribution in [3.05, 3.63) is 28.3 Å². The summed E-state index contributed by atoms with van der Waals surface area (Å²) in [7, 11) is -3.49. The quantitative estimate of drug-likeness (QED) is 0.610. The molecule has 2 rings (SSSR count). The van der Waals surface area contributed by atoms with E-state index in [4.69, 9.17) is 5.11 Å². The Bertz CT molecular complexity index is 659. The van der Waals surface area contributed by atoms with E-state index in [1.54, 1.807) is 0 Å². The van der Waals surface area contributed by atoms with Gasteiger partial charge in [-0.3, -0.25) is 10.1 Å². The van der Waals surface area contributed by atoms with E-state index in [2.05, 4.69) is 5.32 Å². The summed E-state index contributed by atoms with van der Waals surface area (Å²) in [6.07, 6.45) is 4.56. The second-order valence-corrected chi connectivity index (χ2v) is 7.68. The lowest BCUT2D eigenvalue weighted by Gasteiger charge is -2.21. The predicted octanol–water partition coefficient (Wildman–Crippen LogP) is 1.96. The van der Waals surface area contributed by atoms with E-state index in [9.17, 15) is 18.5 Å². The summed E-state index contributed by atoms with van der Waals surface area (Å²) >= 11 is 0. The number of hydrogen-bond donors (Lipinski definition) is 2. The first kappa shape index (κ1) is 16.7. The van der Waals surface area contributed by atoms with E-state index < -0.39 is 14.8 Å². The Morgan fingerprint density at radius 3 is 2.73 bits per heavy atom. The van der Waals surface area contributed by atoms with Crippen molar-refractivity contribution in [2.45, 2.75) is 36.6 Å². The lowest BCUT2D eigenvalue weighted by molar-refractivity contribution is -0.384. The highest BCUT2D eigenvalue weighted by molar-refractivity contribution is 7.90. The van der Waals surface area contributed by atoms with Crippen molar-refractivity contribution < 1.29 is 18.4 Å². The normalized spacial score (nSPS) is 21.7. The van der Waals surface area contributed by atoms with Crippen molar-refractivity contribution in [2.24, 2.45) is 5.92 Å². The number of aliphatic hydroxyl groups is 1. The molecule has 1 aliphatic rings. The maximum absolute atomic E-state index is 11.5. The molecule has 0 spiro atoms. The van der Waals surface area contributed by atoms with Gasteiger partial charge in [0.2, 0.25) is 0 Å². The largest absolute Gasteiger partial charge is 0.396 e. The number of hydrogen-bond acceptors (Lipinski definition) is 6. The number of aliphatic hydroxyl groups excluding tert-OH is 1. The number of sulfone groups is 1. The fraction of sp³-hybridized carbons (Fsp3) is 0.571. The minimum absolute atomic E-state index is 0.0648. The maximum atomic E-state index is 11.5. The lowest BCUT2D eigenvalue weighted by Crippen LogP contribution is -2.25. The molecule has 0 saturated heterocycles. The van der Waals surface area contributed by atoms with Gasteiger partial charge in [-0.1, -0.05) is 6.42 Å². The van der Waals surface area contributed by atoms with Crippen LogP contribution in [-0.4, -0.2) is 37.4 Å². The van der Waals surface area contributed by atoms with E-state index in [1.165, 1.54) is 12.1 Å². The molecule has 2 unspecified atom stereocenters. The van der Waals surface area contributed by atoms with Crippen LogP contribution in [0.25, 0.3) is 0 Å². The molecule has 8 heteroatoms. The Hall–Kier alpha value is -1.67. The molecule has 1 aromatic carbocycles. The molecule has 0 bridgehead atoms. The van der Waals surface area contributed by atoms with Gasteiger partial charge >= 0.3 is 0 Å². The van der Waals surface area contributed by atoms with E-state index in [-0.39, 0.29) is 29.1 Å². The molecule has 1 saturated carbocycles. The zero-order valence-electron chi connectivity index (χ0n) is 12.4. The number of rotatable bonds is 6. The highest BCUT2D eigenvalue weighted by Gasteiger charge is 2.29. The SMILES string of the molecule is CS(=O)(=O)c1ccc(NC2CCCC2CCO)c([N+](=O)[O-])c1. The van der Waals surface area contributed by atoms with Crippen molar-refractivity contribution in [3.8, 4) is 0 Å². The van der Waals surface area contributed by atoms with Crippen LogP contribution in [0.2, 0.25) is 0 Å². The first-order valence-corrected chi connectivity index (χ1v) is 9.08. The predicted molar refractivity (Wildman–Crippen MR) is 82.7 cm³/mol. The zero-order chi connectivity index (χ0) is 16.3. The Morgan fingerprint density at radius 1 is 1.41 bits per heavy atom. The molecule has 2 N–H and O–H groups in total. The summed E-state index contributed by atoms with van der Waals surface area (Å²) in [6.45, 7) is 0.0952. The van der Waals surface area contributed by atoms with Crippen LogP contribution in [0.3, 0.4) is 0 Å². The second-order valence-electron chi connectivity index (χ2n) is 5.66. The third-order valence-electron chi connectivity index (χ3n) is 4.09. The summed E-state index contributed by atoms with van der Waals surface area (Å²) in [6, 6.07) is 3.98. The van der Waals surface area contributed by atoms with E-state index >= 15 is 0 Å². The summed E-state index contributed by atoms with van der Waals surface area (Å²) < 4.78 is 23.1. The van der Waals surface area contributed by atoms with Crippen LogP contribution in [-0.2, 0) is 9.84 Å². The van der Waals surface area contributed by atoms with Gasteiger partial charge in [-0.25, -0.2) is 8.42 Å². The maximum Gasteiger partial charge on any atom is 0.293 e. The van der Waals surface area contributed by atoms with Gasteiger partial charge in [-0.15, -0.1) is 0 Å². The van der Waals surface area contributed by atoms with Gasteiger partial charge in [0.15, 0.2) is 9.84 Å². The first-order chi connectivity index (χ1) is 10.3. The monoisotopic (exact) mass is 328 g/mol. The minimum Gasteiger partial charge on any atom is -0.396 e. The molecular weight excluding hydrogens is 308 g/mol. The number of nitro benzene ring substituents is 1. The number of nitro groups is 1. The van der Waals surface area contributed by atoms with Gasteiger partial charge in [0.25, 0.3) is 5.69 Å². The fourth-order valence-electron chi connectivity index (χ4n) is 2.95. The van der Waals surface area contributed by atoms with E-state index in [0.717, 1.165) is 31.6 Å². The topological polar surface area (TPSA) is 110 Å². The summed E-state index contributed by atoms with van der Waals surface area (Å²) in [5.41, 5.74) is 0.0878. The minimum atomic E-state index is -3.49. The van der Waals surface area contributed by atoms with Gasteiger partial charge in [0.05, 0.1) is 9.82 Å². The average Bonchev–Trinajstić information content (AvgIpc) is 2.85. The summed E-state index contributed by atoms with van der Waals surface area (Å²) in [4.78, 5) is 10.6. The molecule has 0 aromatic heterocycles. The van der Waals surface area contributed by atoms with Crippen LogP contribution < -0.4 is 5.32 Å². The van der Waals surface area contributed by atoms with Crippen LogP contribution in [0.5, 0.6) is 0 Å². The third-order valence-corrected chi connectivity index (χ3v) is 5.20. The van der Waals surface area contributed by atoms with Gasteiger partial charge < -0.3 is 10.4 Å². The molecule has 122 valence electrons. The standard InChI is InChI=1S/C14H20N2O5S/c1-22(20,21)11-5-6-13(14(9-11)16(18)19)15-12-4-2-3-10(12)7-8-17/h5-6,9-10,12,15,17H,2-4,7-8H2,1H3. The van der Waals surface area contributed by atoms with Crippen LogP contribution in [0.1, 0.15) is 25.7 Å². The molecule has 0 heterocycles. The van der Waals surface area contributed by atoms with Gasteiger partial charge in [0, 0.05) is 25.0 Å². The van der Waals surface area contributed by atoms with Crippen molar-refractivity contribution in [1.29, 1.82) is 0 Å². The first-order valence-electron chi connectivity index (χ1n) is 7.19. The van der Waals surface area contributed by atoms with Crippen LogP contribution in [0.15, 0.2) is 23.1 Å². The van der Waals surface area contributed by atoms with Crippen molar-refractivity contribution >= 4 is 21.2 Å². The molecule has 0 amide bonds. The van der Waals surface area contributed by atoms with Crippen molar-refractivity contribution in [2.75, 3.05) is 18.2 Å². The number of nitrogens with one attached hydrogen (secondary N) is 1. The highest BCUT2D eigenvalue weighted by Crippen LogP contribution is 2.34. The zero-order valence-corrected chi connectivity index (χ0v) is 13.2. The molecule has 1 aromatic rings. The molecule has 1 fully saturated rings. The van der Waals surface area contributed by atoms with Crippen LogP contribution in [0.4, 0.5) is 11.4 Å². The summed E-state index contributed by atoms with van der Waals surface area (Å²) in [5.74, 6) is 0.277. The Labute approximate surface area is 129 Å². The summed E-state index contributed by atoms with van der Waals surface area (Å²) in [5, 5.41) is 23.4. The number of anilines is 1. The highest BCUT2D eigenvalue weighted by atomic mass is 32.2. The van der Waals surface area contributed by atoms with Gasteiger partial charge in [-0.2, -0.15) is 0 Å². The van der Waals surface area contributed by atoms with Gasteiger partial charge in [0.1, 0.15) is 5.69 Å². The Balaban J connectivity index is 2.29. The molecule has 1 aliphatic carbocycles. The second kappa shape index (κ2) is 6.62. The molecule has 0 radical (unpaired) electrons. The Morgan fingerprint density at radius 2 is 2.14 bits per heavy atom. The molecule has 0 aliphatic heterocycles. The molecule has 22 heavy (non-hydrogen) atoms. The van der Waals surface area contributed by atoms with Crippen LogP contribution >= 0.6 is 0 Å².